The lowest BCUT2D eigenvalue weighted by Crippen LogP contribution is -2.15. The number of ether oxygens (including phenoxy) is 1. The summed E-state index contributed by atoms with van der Waals surface area (Å²) >= 11 is 0. The summed E-state index contributed by atoms with van der Waals surface area (Å²) in [5.41, 5.74) is 6.27. The van der Waals surface area contributed by atoms with E-state index >= 15 is 0 Å². The Morgan fingerprint density at radius 2 is 1.77 bits per heavy atom. The summed E-state index contributed by atoms with van der Waals surface area (Å²) in [6.07, 6.45) is 3.02. The van der Waals surface area contributed by atoms with E-state index in [1.807, 2.05) is 59.0 Å². The highest BCUT2D eigenvalue weighted by Crippen LogP contribution is 2.25. The third-order valence-electron chi connectivity index (χ3n) is 5.75. The molecule has 0 saturated heterocycles. The van der Waals surface area contributed by atoms with Gasteiger partial charge in [0.05, 0.1) is 11.7 Å². The number of carbonyl (C=O) groups is 2. The lowest BCUT2D eigenvalue weighted by atomic mass is 10.1. The zero-order chi connectivity index (χ0) is 22.7. The molecule has 0 amide bonds. The van der Waals surface area contributed by atoms with Crippen molar-refractivity contribution in [2.75, 3.05) is 6.61 Å². The maximum absolute atomic E-state index is 12.8. The van der Waals surface area contributed by atoms with E-state index in [0.29, 0.717) is 5.56 Å². The van der Waals surface area contributed by atoms with Crippen molar-refractivity contribution in [3.8, 4) is 0 Å². The molecule has 0 fully saturated rings. The van der Waals surface area contributed by atoms with Crippen molar-refractivity contribution in [1.29, 1.82) is 0 Å². The van der Waals surface area contributed by atoms with E-state index in [0.717, 1.165) is 28.3 Å². The van der Waals surface area contributed by atoms with E-state index in [2.05, 4.69) is 28.7 Å². The number of aromatic nitrogens is 3. The molecule has 0 unspecified atom stereocenters. The number of aryl methyl sites for hydroxylation is 3. The van der Waals surface area contributed by atoms with Crippen LogP contribution in [-0.4, -0.2) is 32.7 Å². The van der Waals surface area contributed by atoms with E-state index in [1.165, 1.54) is 11.6 Å². The minimum atomic E-state index is -0.553. The summed E-state index contributed by atoms with van der Waals surface area (Å²) in [4.78, 5) is 24.9. The van der Waals surface area contributed by atoms with Crippen molar-refractivity contribution in [3.63, 3.8) is 0 Å². The zero-order valence-corrected chi connectivity index (χ0v) is 19.0. The highest BCUT2D eigenvalue weighted by Gasteiger charge is 2.20. The largest absolute Gasteiger partial charge is 0.454 e. The van der Waals surface area contributed by atoms with Crippen LogP contribution in [0.25, 0.3) is 6.08 Å². The van der Waals surface area contributed by atoms with Crippen LogP contribution in [-0.2, 0) is 16.6 Å². The predicted molar refractivity (Wildman–Crippen MR) is 121 cm³/mol. The molecule has 3 aromatic rings. The molecular formula is C25H29N3O3. The van der Waals surface area contributed by atoms with E-state index in [1.54, 1.807) is 10.8 Å². The van der Waals surface area contributed by atoms with Gasteiger partial charge in [0, 0.05) is 41.3 Å². The molecule has 6 nitrogen and oxygen atoms in total. The molecular weight excluding hydrogens is 390 g/mol. The number of carbonyl (C=O) groups excluding carboxylic acids is 2. The van der Waals surface area contributed by atoms with Crippen LogP contribution in [0, 0.1) is 27.7 Å². The molecule has 0 aliphatic rings. The summed E-state index contributed by atoms with van der Waals surface area (Å²) in [5.74, 6) is -0.766. The maximum Gasteiger partial charge on any atom is 0.331 e. The quantitative estimate of drug-likeness (QED) is 0.321. The Bertz CT molecular complexity index is 1140. The van der Waals surface area contributed by atoms with Crippen molar-refractivity contribution in [3.05, 3.63) is 81.9 Å². The molecule has 2 aromatic heterocycles. The van der Waals surface area contributed by atoms with E-state index < -0.39 is 5.97 Å². The summed E-state index contributed by atoms with van der Waals surface area (Å²) in [5, 5.41) is 4.32. The van der Waals surface area contributed by atoms with Crippen molar-refractivity contribution in [1.82, 2.24) is 14.3 Å². The van der Waals surface area contributed by atoms with Gasteiger partial charge in [-0.15, -0.1) is 0 Å². The van der Waals surface area contributed by atoms with Crippen molar-refractivity contribution >= 4 is 17.8 Å². The molecule has 3 rings (SSSR count). The van der Waals surface area contributed by atoms with E-state index in [-0.39, 0.29) is 18.4 Å². The van der Waals surface area contributed by atoms with Gasteiger partial charge < -0.3 is 9.30 Å². The molecule has 0 bridgehead atoms. The van der Waals surface area contributed by atoms with Crippen molar-refractivity contribution < 1.29 is 14.3 Å². The van der Waals surface area contributed by atoms with Gasteiger partial charge in [-0.2, -0.15) is 5.10 Å². The van der Waals surface area contributed by atoms with Gasteiger partial charge in [-0.05, 0) is 52.3 Å². The minimum absolute atomic E-state index is 0.0965. The average molecular weight is 420 g/mol. The zero-order valence-electron chi connectivity index (χ0n) is 19.0. The van der Waals surface area contributed by atoms with Gasteiger partial charge in [-0.25, -0.2) is 4.79 Å². The molecule has 162 valence electrons. The molecule has 6 heteroatoms. The second kappa shape index (κ2) is 9.16. The van der Waals surface area contributed by atoms with Crippen LogP contribution >= 0.6 is 0 Å². The van der Waals surface area contributed by atoms with Gasteiger partial charge in [0.25, 0.3) is 0 Å². The van der Waals surface area contributed by atoms with Gasteiger partial charge in [-0.1, -0.05) is 30.3 Å². The molecule has 0 spiro atoms. The minimum Gasteiger partial charge on any atom is -0.454 e. The second-order valence-electron chi connectivity index (χ2n) is 7.81. The third kappa shape index (κ3) is 4.68. The molecule has 1 aromatic carbocycles. The normalized spacial score (nSPS) is 12.3. The number of hydrogen-bond acceptors (Lipinski definition) is 4. The molecule has 2 heterocycles. The first-order valence-corrected chi connectivity index (χ1v) is 10.3. The number of benzene rings is 1. The first-order valence-electron chi connectivity index (χ1n) is 10.3. The highest BCUT2D eigenvalue weighted by molar-refractivity contribution is 6.00. The second-order valence-corrected chi connectivity index (χ2v) is 7.81. The van der Waals surface area contributed by atoms with Gasteiger partial charge in [0.2, 0.25) is 5.78 Å². The number of Topliss-reactive ketones (excluding diaryl/α,β-unsaturated/α-hetero) is 1. The van der Waals surface area contributed by atoms with Crippen LogP contribution in [0.3, 0.4) is 0 Å². The predicted octanol–water partition coefficient (Wildman–Crippen LogP) is 4.50. The Balaban J connectivity index is 1.68. The number of esters is 1. The van der Waals surface area contributed by atoms with E-state index in [4.69, 9.17) is 4.74 Å². The molecule has 0 saturated carbocycles. The fourth-order valence-corrected chi connectivity index (χ4v) is 3.98. The maximum atomic E-state index is 12.8. The van der Waals surface area contributed by atoms with Crippen molar-refractivity contribution in [2.24, 2.45) is 7.05 Å². The molecule has 0 radical (unpaired) electrons. The third-order valence-corrected chi connectivity index (χ3v) is 5.75. The van der Waals surface area contributed by atoms with E-state index in [9.17, 15) is 9.59 Å². The van der Waals surface area contributed by atoms with Crippen LogP contribution in [0.5, 0.6) is 0 Å². The average Bonchev–Trinajstić information content (AvgIpc) is 3.18. The fourth-order valence-electron chi connectivity index (χ4n) is 3.98. The fraction of sp³-hybridized carbons (Fsp3) is 0.320. The lowest BCUT2D eigenvalue weighted by molar-refractivity contribution is -0.136. The van der Waals surface area contributed by atoms with Crippen LogP contribution in [0.4, 0.5) is 0 Å². The van der Waals surface area contributed by atoms with Gasteiger partial charge in [-0.3, -0.25) is 9.48 Å². The summed E-state index contributed by atoms with van der Waals surface area (Å²) in [7, 11) is 1.85. The Morgan fingerprint density at radius 1 is 1.10 bits per heavy atom. The molecule has 1 atom stereocenters. The first kappa shape index (κ1) is 22.3. The van der Waals surface area contributed by atoms with Crippen LogP contribution in [0.15, 0.2) is 42.5 Å². The summed E-state index contributed by atoms with van der Waals surface area (Å²) in [6, 6.07) is 12.1. The van der Waals surface area contributed by atoms with Crippen molar-refractivity contribution in [2.45, 2.75) is 40.7 Å². The topological polar surface area (TPSA) is 66.1 Å². The van der Waals surface area contributed by atoms with Gasteiger partial charge in [0.15, 0.2) is 6.61 Å². The van der Waals surface area contributed by atoms with Crippen LogP contribution < -0.4 is 0 Å². The molecule has 31 heavy (non-hydrogen) atoms. The SMILES string of the molecule is Cc1nn(C)c(C)c1/C=C/C(=O)OCC(=O)c1cc(C)n([C@H](C)c2ccccc2)c1C. The first-order chi connectivity index (χ1) is 14.7. The summed E-state index contributed by atoms with van der Waals surface area (Å²) in [6.45, 7) is 9.54. The van der Waals surface area contributed by atoms with Gasteiger partial charge >= 0.3 is 5.97 Å². The molecule has 0 aliphatic carbocycles. The Labute approximate surface area is 183 Å². The summed E-state index contributed by atoms with van der Waals surface area (Å²) < 4.78 is 9.10. The molecule has 0 aliphatic heterocycles. The lowest BCUT2D eigenvalue weighted by Gasteiger charge is -2.19. The Hall–Kier alpha value is -3.41. The molecule has 0 N–H and O–H groups in total. The number of ketones is 1. The number of nitrogens with zero attached hydrogens (tertiary/aromatic N) is 3. The number of hydrogen-bond donors (Lipinski definition) is 0. The Kier molecular flexibility index (Phi) is 6.59. The standard InChI is InChI=1S/C25H29N3O3/c1-16-14-23(20(5)28(16)18(3)21-10-8-7-9-11-21)24(29)15-31-25(30)13-12-22-17(2)26-27(6)19(22)4/h7-14,18H,15H2,1-6H3/b13-12+/t18-/m1/s1. The smallest absolute Gasteiger partial charge is 0.331 e. The Morgan fingerprint density at radius 3 is 2.39 bits per heavy atom. The van der Waals surface area contributed by atoms with Gasteiger partial charge in [0.1, 0.15) is 0 Å². The highest BCUT2D eigenvalue weighted by atomic mass is 16.5. The van der Waals surface area contributed by atoms with Crippen LogP contribution in [0.2, 0.25) is 0 Å². The number of rotatable bonds is 7. The van der Waals surface area contributed by atoms with Crippen LogP contribution in [0.1, 0.15) is 57.2 Å². The monoisotopic (exact) mass is 419 g/mol.